The summed E-state index contributed by atoms with van der Waals surface area (Å²) in [6, 6.07) is 20.2. The number of hydrogen-bond acceptors (Lipinski definition) is 5. The third kappa shape index (κ3) is 3.62. The first kappa shape index (κ1) is 16.0. The molecule has 0 spiro atoms. The fourth-order valence-electron chi connectivity index (χ4n) is 2.86. The number of para-hydroxylation sites is 1. The van der Waals surface area contributed by atoms with Crippen molar-refractivity contribution in [1.29, 1.82) is 0 Å². The van der Waals surface area contributed by atoms with Crippen molar-refractivity contribution >= 4 is 28.4 Å². The summed E-state index contributed by atoms with van der Waals surface area (Å²) in [5.74, 6) is 1.31. The van der Waals surface area contributed by atoms with E-state index in [-0.39, 0.29) is 0 Å². The smallest absolute Gasteiger partial charge is 0.229 e. The highest BCUT2D eigenvalue weighted by molar-refractivity contribution is 5.91. The summed E-state index contributed by atoms with van der Waals surface area (Å²) >= 11 is 0. The van der Waals surface area contributed by atoms with Gasteiger partial charge >= 0.3 is 0 Å². The van der Waals surface area contributed by atoms with Crippen LogP contribution in [0, 0.1) is 6.92 Å². The van der Waals surface area contributed by atoms with E-state index < -0.39 is 0 Å². The predicted octanol–water partition coefficient (Wildman–Crippen LogP) is 4.69. The van der Waals surface area contributed by atoms with Crippen LogP contribution in [0.3, 0.4) is 0 Å². The first-order valence-electron chi connectivity index (χ1n) is 8.51. The van der Waals surface area contributed by atoms with E-state index in [1.807, 2.05) is 36.4 Å². The fourth-order valence-corrected chi connectivity index (χ4v) is 2.86. The van der Waals surface area contributed by atoms with Crippen LogP contribution < -0.4 is 10.6 Å². The molecule has 0 saturated heterocycles. The van der Waals surface area contributed by atoms with Crippen LogP contribution in [-0.4, -0.2) is 15.0 Å². The van der Waals surface area contributed by atoms with E-state index in [4.69, 9.17) is 0 Å². The average Bonchev–Trinajstić information content (AvgIpc) is 2.67. The van der Waals surface area contributed by atoms with Crippen molar-refractivity contribution in [2.75, 3.05) is 10.6 Å². The Morgan fingerprint density at radius 2 is 1.77 bits per heavy atom. The summed E-state index contributed by atoms with van der Waals surface area (Å²) in [5, 5.41) is 7.69. The van der Waals surface area contributed by atoms with Crippen molar-refractivity contribution in [3.8, 4) is 0 Å². The number of benzene rings is 2. The van der Waals surface area contributed by atoms with Gasteiger partial charge < -0.3 is 10.6 Å². The highest BCUT2D eigenvalue weighted by Gasteiger charge is 2.05. The molecule has 0 aliphatic rings. The van der Waals surface area contributed by atoms with Crippen LogP contribution in [0.2, 0.25) is 0 Å². The lowest BCUT2D eigenvalue weighted by atomic mass is 10.1. The van der Waals surface area contributed by atoms with E-state index in [1.54, 1.807) is 12.4 Å². The summed E-state index contributed by atoms with van der Waals surface area (Å²) in [5.41, 5.74) is 4.25. The molecule has 0 fully saturated rings. The average molecular weight is 341 g/mol. The Morgan fingerprint density at radius 1 is 0.885 bits per heavy atom. The van der Waals surface area contributed by atoms with Gasteiger partial charge in [0.25, 0.3) is 0 Å². The van der Waals surface area contributed by atoms with Crippen LogP contribution in [0.4, 0.5) is 17.5 Å². The molecule has 5 heteroatoms. The van der Waals surface area contributed by atoms with Crippen molar-refractivity contribution in [2.24, 2.45) is 0 Å². The van der Waals surface area contributed by atoms with Gasteiger partial charge in [-0.25, -0.2) is 4.98 Å². The maximum absolute atomic E-state index is 4.55. The van der Waals surface area contributed by atoms with Crippen molar-refractivity contribution in [3.05, 3.63) is 84.2 Å². The quantitative estimate of drug-likeness (QED) is 0.551. The summed E-state index contributed by atoms with van der Waals surface area (Å²) in [7, 11) is 0. The molecule has 128 valence electrons. The molecule has 0 saturated carbocycles. The number of nitrogens with one attached hydrogen (secondary N) is 2. The number of anilines is 3. The maximum atomic E-state index is 4.55. The molecule has 0 amide bonds. The van der Waals surface area contributed by atoms with Gasteiger partial charge in [-0.05, 0) is 30.7 Å². The second-order valence-electron chi connectivity index (χ2n) is 6.11. The van der Waals surface area contributed by atoms with Gasteiger partial charge in [-0.15, -0.1) is 0 Å². The summed E-state index contributed by atoms with van der Waals surface area (Å²) in [4.78, 5) is 13.3. The molecule has 4 rings (SSSR count). The monoisotopic (exact) mass is 341 g/mol. The van der Waals surface area contributed by atoms with Crippen LogP contribution in [0.15, 0.2) is 73.1 Å². The molecule has 5 nitrogen and oxygen atoms in total. The van der Waals surface area contributed by atoms with Gasteiger partial charge in [0.15, 0.2) is 0 Å². The van der Waals surface area contributed by atoms with Crippen molar-refractivity contribution in [1.82, 2.24) is 15.0 Å². The highest BCUT2D eigenvalue weighted by atomic mass is 15.1. The molecular weight excluding hydrogens is 322 g/mol. The highest BCUT2D eigenvalue weighted by Crippen LogP contribution is 2.23. The molecule has 0 atom stereocenters. The maximum Gasteiger partial charge on any atom is 0.229 e. The van der Waals surface area contributed by atoms with Crippen LogP contribution in [0.25, 0.3) is 10.9 Å². The molecular formula is C21H19N5. The predicted molar refractivity (Wildman–Crippen MR) is 106 cm³/mol. The van der Waals surface area contributed by atoms with E-state index in [9.17, 15) is 0 Å². The zero-order valence-corrected chi connectivity index (χ0v) is 14.5. The van der Waals surface area contributed by atoms with Crippen molar-refractivity contribution < 1.29 is 0 Å². The Kier molecular flexibility index (Phi) is 4.43. The van der Waals surface area contributed by atoms with Gasteiger partial charge in [0.1, 0.15) is 5.82 Å². The summed E-state index contributed by atoms with van der Waals surface area (Å²) < 4.78 is 0. The van der Waals surface area contributed by atoms with E-state index in [1.165, 1.54) is 11.1 Å². The van der Waals surface area contributed by atoms with Crippen molar-refractivity contribution in [3.63, 3.8) is 0 Å². The second-order valence-corrected chi connectivity index (χ2v) is 6.11. The topological polar surface area (TPSA) is 62.7 Å². The number of aryl methyl sites for hydroxylation is 1. The summed E-state index contributed by atoms with van der Waals surface area (Å²) in [6.07, 6.45) is 3.53. The van der Waals surface area contributed by atoms with Gasteiger partial charge in [0.2, 0.25) is 5.95 Å². The normalized spacial score (nSPS) is 10.7. The minimum Gasteiger partial charge on any atom is -0.366 e. The van der Waals surface area contributed by atoms with E-state index in [2.05, 4.69) is 56.8 Å². The number of hydrogen-bond donors (Lipinski definition) is 2. The molecule has 0 aliphatic heterocycles. The van der Waals surface area contributed by atoms with Crippen LogP contribution in [0.5, 0.6) is 0 Å². The standard InChI is InChI=1S/C21H19N5/c1-15-5-2-6-16(13-15)14-24-19-10-12-23-21(26-19)25-18-9-3-7-17-8-4-11-22-20(17)18/h2-13H,14H2,1H3,(H2,23,24,25,26). The number of aromatic nitrogens is 3. The molecule has 4 aromatic rings. The van der Waals surface area contributed by atoms with E-state index >= 15 is 0 Å². The zero-order valence-electron chi connectivity index (χ0n) is 14.5. The van der Waals surface area contributed by atoms with Gasteiger partial charge in [-0.1, -0.05) is 48.0 Å². The largest absolute Gasteiger partial charge is 0.366 e. The molecule has 2 heterocycles. The fraction of sp³-hybridized carbons (Fsp3) is 0.0952. The van der Waals surface area contributed by atoms with Crippen LogP contribution in [-0.2, 0) is 6.54 Å². The molecule has 0 aliphatic carbocycles. The summed E-state index contributed by atoms with van der Waals surface area (Å²) in [6.45, 7) is 2.81. The molecule has 2 aromatic carbocycles. The van der Waals surface area contributed by atoms with E-state index in [0.717, 1.165) is 22.4 Å². The van der Waals surface area contributed by atoms with Crippen molar-refractivity contribution in [2.45, 2.75) is 13.5 Å². The lowest BCUT2D eigenvalue weighted by Crippen LogP contribution is -2.04. The van der Waals surface area contributed by atoms with Crippen LogP contribution >= 0.6 is 0 Å². The van der Waals surface area contributed by atoms with Gasteiger partial charge in [0.05, 0.1) is 11.2 Å². The Bertz CT molecular complexity index is 1040. The molecule has 2 aromatic heterocycles. The third-order valence-corrected chi connectivity index (χ3v) is 4.09. The SMILES string of the molecule is Cc1cccc(CNc2ccnc(Nc3cccc4cccnc34)n2)c1. The number of nitrogens with zero attached hydrogens (tertiary/aromatic N) is 3. The number of rotatable bonds is 5. The van der Waals surface area contributed by atoms with Crippen LogP contribution in [0.1, 0.15) is 11.1 Å². The zero-order chi connectivity index (χ0) is 17.8. The number of fused-ring (bicyclic) bond motifs is 1. The Hall–Kier alpha value is -3.47. The molecule has 0 unspecified atom stereocenters. The Balaban J connectivity index is 1.52. The van der Waals surface area contributed by atoms with Gasteiger partial charge in [-0.2, -0.15) is 4.98 Å². The number of pyridine rings is 1. The third-order valence-electron chi connectivity index (χ3n) is 4.09. The van der Waals surface area contributed by atoms with Gasteiger partial charge in [-0.3, -0.25) is 4.98 Å². The Morgan fingerprint density at radius 3 is 2.69 bits per heavy atom. The molecule has 0 bridgehead atoms. The van der Waals surface area contributed by atoms with Gasteiger partial charge in [0, 0.05) is 24.3 Å². The lowest BCUT2D eigenvalue weighted by molar-refractivity contribution is 1.08. The minimum absolute atomic E-state index is 0.539. The first-order valence-corrected chi connectivity index (χ1v) is 8.51. The second kappa shape index (κ2) is 7.19. The first-order chi connectivity index (χ1) is 12.8. The lowest BCUT2D eigenvalue weighted by Gasteiger charge is -2.10. The Labute approximate surface area is 152 Å². The van der Waals surface area contributed by atoms with E-state index in [0.29, 0.717) is 12.5 Å². The minimum atomic E-state index is 0.539. The molecule has 26 heavy (non-hydrogen) atoms. The molecule has 2 N–H and O–H groups in total. The molecule has 0 radical (unpaired) electrons.